The first kappa shape index (κ1) is 23.3. The molecule has 0 spiro atoms. The van der Waals surface area contributed by atoms with Gasteiger partial charge in [0.05, 0.1) is 29.5 Å². The van der Waals surface area contributed by atoms with Crippen LogP contribution >= 0.6 is 0 Å². The summed E-state index contributed by atoms with van der Waals surface area (Å²) in [5, 5.41) is 9.28. The number of rotatable bonds is 5. The highest BCUT2D eigenvalue weighted by Gasteiger charge is 2.22. The minimum atomic E-state index is -0.253. The Morgan fingerprint density at radius 1 is 1.21 bits per heavy atom. The molecule has 4 aromatic rings. The third-order valence-electron chi connectivity index (χ3n) is 5.80. The molecule has 0 radical (unpaired) electrons. The van der Waals surface area contributed by atoms with Gasteiger partial charge in [-0.15, -0.1) is 0 Å². The molecule has 3 heterocycles. The number of hydrogen-bond donors (Lipinski definition) is 3. The van der Waals surface area contributed by atoms with Crippen LogP contribution in [0.4, 0.5) is 5.82 Å². The first-order valence-electron chi connectivity index (χ1n) is 11.1. The van der Waals surface area contributed by atoms with Crippen molar-refractivity contribution in [2.75, 3.05) is 19.5 Å². The number of nitrogens with one attached hydrogen (secondary N) is 2. The molecular weight excluding hydrogens is 430 g/mol. The normalized spacial score (nSPS) is 13.2. The summed E-state index contributed by atoms with van der Waals surface area (Å²) in [5.41, 5.74) is 11.8. The molecule has 0 atom stereocenters. The summed E-state index contributed by atoms with van der Waals surface area (Å²) in [6, 6.07) is 4.03. The third-order valence-corrected chi connectivity index (χ3v) is 5.80. The van der Waals surface area contributed by atoms with Crippen molar-refractivity contribution >= 4 is 34.0 Å². The Balaban J connectivity index is 1.99. The SMILES string of the molecule is CN=CC(Nc1nc(C)nc2[nH]c3cc(-c4c(C)noc4C)c(OC)cc3c12)=C(N)C(C)(C)C. The summed E-state index contributed by atoms with van der Waals surface area (Å²) in [6.45, 7) is 11.8. The predicted octanol–water partition coefficient (Wildman–Crippen LogP) is 5.03. The van der Waals surface area contributed by atoms with E-state index in [0.717, 1.165) is 38.9 Å². The summed E-state index contributed by atoms with van der Waals surface area (Å²) >= 11 is 0. The van der Waals surface area contributed by atoms with Crippen molar-refractivity contribution in [2.24, 2.45) is 16.1 Å². The standard InChI is InChI=1S/C25H31N7O2/c1-12-20(13(2)34-32-12)16-9-17-15(10-19(16)33-8)21-23(30-17)28-14(3)29-24(21)31-18(11-27-7)22(26)25(4,5)6/h9-11H,26H2,1-8H3,(H2,28,29,30,31). The Morgan fingerprint density at radius 3 is 2.53 bits per heavy atom. The predicted molar refractivity (Wildman–Crippen MR) is 136 cm³/mol. The largest absolute Gasteiger partial charge is 0.496 e. The molecule has 0 saturated carbocycles. The Morgan fingerprint density at radius 2 is 1.94 bits per heavy atom. The summed E-state index contributed by atoms with van der Waals surface area (Å²) in [6.07, 6.45) is 1.72. The molecule has 0 bridgehead atoms. The Hall–Kier alpha value is -3.88. The number of H-pyrrole nitrogens is 1. The lowest BCUT2D eigenvalue weighted by Gasteiger charge is -2.22. The zero-order valence-electron chi connectivity index (χ0n) is 20.9. The van der Waals surface area contributed by atoms with Gasteiger partial charge in [-0.1, -0.05) is 25.9 Å². The molecule has 4 rings (SSSR count). The van der Waals surface area contributed by atoms with Crippen LogP contribution in [0.15, 0.2) is 33.0 Å². The van der Waals surface area contributed by atoms with Crippen LogP contribution in [0.25, 0.3) is 33.1 Å². The van der Waals surface area contributed by atoms with Gasteiger partial charge in [0.25, 0.3) is 0 Å². The topological polar surface area (TPSA) is 127 Å². The molecule has 0 aliphatic rings. The maximum Gasteiger partial charge on any atom is 0.144 e. The highest BCUT2D eigenvalue weighted by atomic mass is 16.5. The summed E-state index contributed by atoms with van der Waals surface area (Å²) in [7, 11) is 3.37. The average Bonchev–Trinajstić information content (AvgIpc) is 3.29. The summed E-state index contributed by atoms with van der Waals surface area (Å²) in [4.78, 5) is 17.0. The molecule has 0 amide bonds. The molecule has 9 nitrogen and oxygen atoms in total. The van der Waals surface area contributed by atoms with Crippen LogP contribution in [0.5, 0.6) is 5.75 Å². The number of methoxy groups -OCH3 is 1. The number of allylic oxidation sites excluding steroid dienone is 2. The van der Waals surface area contributed by atoms with Gasteiger partial charge in [-0.3, -0.25) is 4.99 Å². The minimum absolute atomic E-state index is 0.253. The van der Waals surface area contributed by atoms with E-state index in [0.29, 0.717) is 34.4 Å². The molecule has 34 heavy (non-hydrogen) atoms. The van der Waals surface area contributed by atoms with E-state index in [1.165, 1.54) is 0 Å². The Labute approximate surface area is 198 Å². The second kappa shape index (κ2) is 8.48. The second-order valence-electron chi connectivity index (χ2n) is 9.35. The van der Waals surface area contributed by atoms with Crippen LogP contribution in [0, 0.1) is 26.2 Å². The molecule has 0 aliphatic heterocycles. The van der Waals surface area contributed by atoms with Gasteiger partial charge in [0.1, 0.15) is 28.8 Å². The first-order valence-corrected chi connectivity index (χ1v) is 11.1. The van der Waals surface area contributed by atoms with E-state index in [9.17, 15) is 0 Å². The van der Waals surface area contributed by atoms with Gasteiger partial charge in [0, 0.05) is 40.8 Å². The number of aromatic amines is 1. The molecule has 4 N–H and O–H groups in total. The minimum Gasteiger partial charge on any atom is -0.496 e. The number of nitrogens with two attached hydrogens (primary N) is 1. The van der Waals surface area contributed by atoms with Crippen molar-refractivity contribution < 1.29 is 9.26 Å². The fourth-order valence-electron chi connectivity index (χ4n) is 4.09. The number of nitrogens with zero attached hydrogens (tertiary/aromatic N) is 4. The highest BCUT2D eigenvalue weighted by molar-refractivity contribution is 6.13. The quantitative estimate of drug-likeness (QED) is 0.356. The van der Waals surface area contributed by atoms with Gasteiger partial charge in [-0.2, -0.15) is 0 Å². The van der Waals surface area contributed by atoms with Gasteiger partial charge in [0.15, 0.2) is 0 Å². The first-order chi connectivity index (χ1) is 16.0. The van der Waals surface area contributed by atoms with Crippen molar-refractivity contribution in [1.82, 2.24) is 20.1 Å². The van der Waals surface area contributed by atoms with Crippen molar-refractivity contribution in [1.29, 1.82) is 0 Å². The third kappa shape index (κ3) is 3.98. The van der Waals surface area contributed by atoms with Crippen molar-refractivity contribution in [3.63, 3.8) is 0 Å². The number of aryl methyl sites for hydroxylation is 3. The van der Waals surface area contributed by atoms with Crippen molar-refractivity contribution in [2.45, 2.75) is 41.5 Å². The van der Waals surface area contributed by atoms with Crippen LogP contribution in [-0.4, -0.2) is 40.5 Å². The summed E-state index contributed by atoms with van der Waals surface area (Å²) in [5.74, 6) is 2.70. The monoisotopic (exact) mass is 461 g/mol. The molecule has 3 aromatic heterocycles. The lowest BCUT2D eigenvalue weighted by Crippen LogP contribution is -2.23. The van der Waals surface area contributed by atoms with E-state index in [4.69, 9.17) is 20.0 Å². The lowest BCUT2D eigenvalue weighted by molar-refractivity contribution is 0.393. The Bertz CT molecular complexity index is 1430. The van der Waals surface area contributed by atoms with Gasteiger partial charge in [-0.25, -0.2) is 9.97 Å². The van der Waals surface area contributed by atoms with E-state index in [1.807, 2.05) is 32.9 Å². The number of fused-ring (bicyclic) bond motifs is 3. The number of anilines is 1. The molecule has 0 aliphatic carbocycles. The van der Waals surface area contributed by atoms with Gasteiger partial charge in [0.2, 0.25) is 0 Å². The van der Waals surface area contributed by atoms with Crippen LogP contribution in [0.2, 0.25) is 0 Å². The van der Waals surface area contributed by atoms with E-state index in [-0.39, 0.29) is 5.41 Å². The van der Waals surface area contributed by atoms with E-state index in [1.54, 1.807) is 20.4 Å². The van der Waals surface area contributed by atoms with Crippen molar-refractivity contribution in [3.8, 4) is 16.9 Å². The zero-order chi connectivity index (χ0) is 24.8. The average molecular weight is 462 g/mol. The van der Waals surface area contributed by atoms with E-state index >= 15 is 0 Å². The Kier molecular flexibility index (Phi) is 5.80. The van der Waals surface area contributed by atoms with Crippen LogP contribution in [-0.2, 0) is 0 Å². The number of hydrogen-bond acceptors (Lipinski definition) is 8. The lowest BCUT2D eigenvalue weighted by atomic mass is 9.91. The molecule has 9 heteroatoms. The zero-order valence-corrected chi connectivity index (χ0v) is 20.9. The van der Waals surface area contributed by atoms with Gasteiger partial charge in [-0.05, 0) is 32.9 Å². The van der Waals surface area contributed by atoms with Crippen molar-refractivity contribution in [3.05, 3.63) is 40.8 Å². The second-order valence-corrected chi connectivity index (χ2v) is 9.35. The summed E-state index contributed by atoms with van der Waals surface area (Å²) < 4.78 is 11.2. The van der Waals surface area contributed by atoms with E-state index < -0.39 is 0 Å². The molecule has 0 fully saturated rings. The van der Waals surface area contributed by atoms with Crippen LogP contribution < -0.4 is 15.8 Å². The maximum atomic E-state index is 6.49. The fourth-order valence-corrected chi connectivity index (χ4v) is 4.09. The number of aliphatic imine (C=N–C) groups is 1. The fraction of sp³-hybridized carbons (Fsp3) is 0.360. The highest BCUT2D eigenvalue weighted by Crippen LogP contribution is 2.40. The molecule has 0 saturated heterocycles. The molecule has 0 unspecified atom stereocenters. The molecule has 1 aromatic carbocycles. The van der Waals surface area contributed by atoms with Gasteiger partial charge < -0.3 is 25.3 Å². The number of ether oxygens (including phenoxy) is 1. The maximum absolute atomic E-state index is 6.49. The number of benzene rings is 1. The van der Waals surface area contributed by atoms with Crippen LogP contribution in [0.3, 0.4) is 0 Å². The molecule has 178 valence electrons. The van der Waals surface area contributed by atoms with Crippen LogP contribution in [0.1, 0.15) is 38.0 Å². The smallest absolute Gasteiger partial charge is 0.144 e. The molecular formula is C25H31N7O2. The van der Waals surface area contributed by atoms with Gasteiger partial charge >= 0.3 is 0 Å². The number of aromatic nitrogens is 4. The van der Waals surface area contributed by atoms with E-state index in [2.05, 4.69) is 46.2 Å².